The zero-order chi connectivity index (χ0) is 13.2. The van der Waals surface area contributed by atoms with Crippen LogP contribution in [-0.2, 0) is 22.5 Å². The minimum absolute atomic E-state index is 0.532. The highest BCUT2D eigenvalue weighted by atomic mass is 32.1. The van der Waals surface area contributed by atoms with Crippen LogP contribution in [0.4, 0.5) is 5.82 Å². The van der Waals surface area contributed by atoms with Crippen LogP contribution in [0, 0.1) is 16.0 Å². The maximum atomic E-state index is 9.26. The summed E-state index contributed by atoms with van der Waals surface area (Å²) in [5.41, 5.74) is 2.74. The van der Waals surface area contributed by atoms with E-state index in [1.54, 1.807) is 0 Å². The molecule has 2 aliphatic heterocycles. The molecule has 5 nitrogen and oxygen atoms in total. The van der Waals surface area contributed by atoms with E-state index in [-0.39, 0.29) is 0 Å². The van der Waals surface area contributed by atoms with E-state index >= 15 is 0 Å². The Labute approximate surface area is 116 Å². The number of H-pyrrole nitrogens is 1. The molecule has 1 saturated heterocycles. The predicted octanol–water partition coefficient (Wildman–Crippen LogP) is 1.53. The Hall–Kier alpha value is -1.42. The molecule has 0 aromatic carbocycles. The zero-order valence-corrected chi connectivity index (χ0v) is 11.4. The maximum Gasteiger partial charge on any atom is 0.123 e. The molecular formula is C13H15N3O2S. The molecule has 0 spiro atoms. The molecule has 6 heteroatoms. The molecule has 19 heavy (non-hydrogen) atoms. The van der Waals surface area contributed by atoms with E-state index in [2.05, 4.69) is 16.0 Å². The van der Waals surface area contributed by atoms with E-state index < -0.39 is 0 Å². The van der Waals surface area contributed by atoms with E-state index in [4.69, 9.17) is 21.7 Å². The predicted molar refractivity (Wildman–Crippen MR) is 72.7 cm³/mol. The lowest BCUT2D eigenvalue weighted by atomic mass is 9.99. The SMILES string of the molecule is N#Cc1c2c(c(N3CCOCC3)[nH]c1=S)COCC2. The van der Waals surface area contributed by atoms with Crippen molar-refractivity contribution in [3.05, 3.63) is 21.3 Å². The highest BCUT2D eigenvalue weighted by molar-refractivity contribution is 7.71. The van der Waals surface area contributed by atoms with Gasteiger partial charge < -0.3 is 19.4 Å². The van der Waals surface area contributed by atoms with Crippen LogP contribution in [0.15, 0.2) is 0 Å². The molecule has 1 aromatic rings. The lowest BCUT2D eigenvalue weighted by Crippen LogP contribution is -2.38. The second kappa shape index (κ2) is 5.29. The number of rotatable bonds is 1. The highest BCUT2D eigenvalue weighted by Crippen LogP contribution is 2.29. The molecule has 2 aliphatic rings. The fourth-order valence-electron chi connectivity index (χ4n) is 2.63. The molecule has 0 saturated carbocycles. The number of hydrogen-bond acceptors (Lipinski definition) is 5. The Kier molecular flexibility index (Phi) is 3.51. The van der Waals surface area contributed by atoms with Gasteiger partial charge in [-0.05, 0) is 12.0 Å². The number of pyridine rings is 1. The largest absolute Gasteiger partial charge is 0.378 e. The standard InChI is InChI=1S/C13H15N3O2S/c14-7-10-9-1-4-18-8-11(9)12(15-13(10)19)16-2-5-17-6-3-16/h1-6,8H2,(H,15,19). The number of nitrogens with one attached hydrogen (secondary N) is 1. The van der Waals surface area contributed by atoms with E-state index in [0.29, 0.717) is 23.4 Å². The molecule has 3 heterocycles. The Bertz CT molecular complexity index is 585. The van der Waals surface area contributed by atoms with Gasteiger partial charge in [-0.1, -0.05) is 12.2 Å². The number of morpholine rings is 1. The fraction of sp³-hybridized carbons (Fsp3) is 0.538. The van der Waals surface area contributed by atoms with E-state index in [1.165, 1.54) is 0 Å². The Morgan fingerprint density at radius 2 is 1.95 bits per heavy atom. The van der Waals surface area contributed by atoms with Crippen LogP contribution in [-0.4, -0.2) is 37.9 Å². The molecule has 3 rings (SSSR count). The molecule has 0 radical (unpaired) electrons. The third-order valence-corrected chi connectivity index (χ3v) is 3.90. The van der Waals surface area contributed by atoms with Gasteiger partial charge in [0.15, 0.2) is 0 Å². The number of aromatic nitrogens is 1. The summed E-state index contributed by atoms with van der Waals surface area (Å²) in [5, 5.41) is 9.26. The van der Waals surface area contributed by atoms with Gasteiger partial charge in [0.1, 0.15) is 16.5 Å². The first kappa shape index (κ1) is 12.6. The molecule has 1 N–H and O–H groups in total. The number of anilines is 1. The molecule has 0 atom stereocenters. The van der Waals surface area contributed by atoms with Gasteiger partial charge in [-0.15, -0.1) is 0 Å². The van der Waals surface area contributed by atoms with Gasteiger partial charge in [-0.3, -0.25) is 0 Å². The van der Waals surface area contributed by atoms with Gasteiger partial charge in [0.2, 0.25) is 0 Å². The van der Waals surface area contributed by atoms with Crippen molar-refractivity contribution in [2.75, 3.05) is 37.8 Å². The smallest absolute Gasteiger partial charge is 0.123 e. The van der Waals surface area contributed by atoms with Crippen molar-refractivity contribution >= 4 is 18.0 Å². The van der Waals surface area contributed by atoms with Gasteiger partial charge in [0, 0.05) is 18.7 Å². The first-order valence-electron chi connectivity index (χ1n) is 6.40. The first-order chi connectivity index (χ1) is 9.31. The topological polar surface area (TPSA) is 61.3 Å². The summed E-state index contributed by atoms with van der Waals surface area (Å²) in [5.74, 6) is 1.00. The normalized spacial score (nSPS) is 18.8. The van der Waals surface area contributed by atoms with Crippen molar-refractivity contribution in [3.63, 3.8) is 0 Å². The molecular weight excluding hydrogens is 262 g/mol. The van der Waals surface area contributed by atoms with Gasteiger partial charge in [-0.2, -0.15) is 5.26 Å². The van der Waals surface area contributed by atoms with Crippen LogP contribution < -0.4 is 4.90 Å². The van der Waals surface area contributed by atoms with Crippen molar-refractivity contribution < 1.29 is 9.47 Å². The third kappa shape index (κ3) is 2.25. The van der Waals surface area contributed by atoms with Crippen LogP contribution in [0.25, 0.3) is 0 Å². The van der Waals surface area contributed by atoms with E-state index in [1.807, 2.05) is 0 Å². The summed E-state index contributed by atoms with van der Waals surface area (Å²) < 4.78 is 11.5. The number of ether oxygens (including phenoxy) is 2. The van der Waals surface area contributed by atoms with Gasteiger partial charge in [0.05, 0.1) is 32.0 Å². The third-order valence-electron chi connectivity index (χ3n) is 3.59. The quantitative estimate of drug-likeness (QED) is 0.789. The summed E-state index contributed by atoms with van der Waals surface area (Å²) in [6, 6.07) is 2.22. The molecule has 0 bridgehead atoms. The van der Waals surface area contributed by atoms with Gasteiger partial charge >= 0.3 is 0 Å². The number of nitrogens with zero attached hydrogens (tertiary/aromatic N) is 2. The van der Waals surface area contributed by atoms with E-state index in [9.17, 15) is 5.26 Å². The first-order valence-corrected chi connectivity index (χ1v) is 6.80. The molecule has 100 valence electrons. The molecule has 0 unspecified atom stereocenters. The molecule has 0 amide bonds. The number of aromatic amines is 1. The minimum atomic E-state index is 0.532. The summed E-state index contributed by atoms with van der Waals surface area (Å²) in [6.07, 6.45) is 0.758. The summed E-state index contributed by atoms with van der Waals surface area (Å²) in [4.78, 5) is 5.44. The van der Waals surface area contributed by atoms with Crippen LogP contribution in [0.2, 0.25) is 0 Å². The van der Waals surface area contributed by atoms with Crippen molar-refractivity contribution in [3.8, 4) is 6.07 Å². The monoisotopic (exact) mass is 277 g/mol. The highest BCUT2D eigenvalue weighted by Gasteiger charge is 2.23. The average Bonchev–Trinajstić information content (AvgIpc) is 2.47. The van der Waals surface area contributed by atoms with Crippen molar-refractivity contribution in [1.82, 2.24) is 4.98 Å². The molecule has 1 fully saturated rings. The van der Waals surface area contributed by atoms with Crippen LogP contribution in [0.1, 0.15) is 16.7 Å². The Morgan fingerprint density at radius 3 is 2.68 bits per heavy atom. The number of nitriles is 1. The number of fused-ring (bicyclic) bond motifs is 1. The van der Waals surface area contributed by atoms with Crippen LogP contribution in [0.3, 0.4) is 0 Å². The van der Waals surface area contributed by atoms with Gasteiger partial charge in [0.25, 0.3) is 0 Å². The maximum absolute atomic E-state index is 9.26. The summed E-state index contributed by atoms with van der Waals surface area (Å²) >= 11 is 5.32. The lowest BCUT2D eigenvalue weighted by molar-refractivity contribution is 0.108. The minimum Gasteiger partial charge on any atom is -0.378 e. The second-order valence-corrected chi connectivity index (χ2v) is 5.06. The molecule has 1 aromatic heterocycles. The van der Waals surface area contributed by atoms with Crippen molar-refractivity contribution in [2.24, 2.45) is 0 Å². The summed E-state index contributed by atoms with van der Waals surface area (Å²) in [7, 11) is 0. The lowest BCUT2D eigenvalue weighted by Gasteiger charge is -2.32. The Balaban J connectivity index is 2.12. The molecule has 0 aliphatic carbocycles. The van der Waals surface area contributed by atoms with Crippen LogP contribution >= 0.6 is 12.2 Å². The Morgan fingerprint density at radius 1 is 1.16 bits per heavy atom. The summed E-state index contributed by atoms with van der Waals surface area (Å²) in [6.45, 7) is 4.31. The van der Waals surface area contributed by atoms with Crippen LogP contribution in [0.5, 0.6) is 0 Å². The number of hydrogen-bond donors (Lipinski definition) is 1. The van der Waals surface area contributed by atoms with E-state index in [0.717, 1.165) is 49.7 Å². The second-order valence-electron chi connectivity index (χ2n) is 4.65. The average molecular weight is 277 g/mol. The van der Waals surface area contributed by atoms with Crippen molar-refractivity contribution in [1.29, 1.82) is 5.26 Å². The zero-order valence-electron chi connectivity index (χ0n) is 10.6. The van der Waals surface area contributed by atoms with Gasteiger partial charge in [-0.25, -0.2) is 0 Å². The fourth-order valence-corrected chi connectivity index (χ4v) is 2.90. The van der Waals surface area contributed by atoms with Crippen molar-refractivity contribution in [2.45, 2.75) is 13.0 Å².